The van der Waals surface area contributed by atoms with Crippen LogP contribution in [-0.4, -0.2) is 31.3 Å². The van der Waals surface area contributed by atoms with Crippen LogP contribution in [0.25, 0.3) is 0 Å². The Balaban J connectivity index is 3.23. The Kier molecular flexibility index (Phi) is 9.74. The van der Waals surface area contributed by atoms with Gasteiger partial charge in [-0.3, -0.25) is 0 Å². The van der Waals surface area contributed by atoms with Crippen molar-refractivity contribution in [3.63, 3.8) is 0 Å². The van der Waals surface area contributed by atoms with Crippen LogP contribution in [0.15, 0.2) is 0 Å². The maximum Gasteiger partial charge on any atom is 0.407 e. The summed E-state index contributed by atoms with van der Waals surface area (Å²) in [6, 6.07) is 0. The van der Waals surface area contributed by atoms with Crippen LogP contribution in [0, 0.1) is 0 Å². The van der Waals surface area contributed by atoms with Gasteiger partial charge in [0.2, 0.25) is 0 Å². The minimum atomic E-state index is -0.415. The topological polar surface area (TPSA) is 50.4 Å². The smallest absolute Gasteiger partial charge is 0.407 e. The van der Waals surface area contributed by atoms with Gasteiger partial charge in [-0.05, 0) is 46.7 Å². The van der Waals surface area contributed by atoms with E-state index >= 15 is 0 Å². The van der Waals surface area contributed by atoms with Crippen molar-refractivity contribution in [2.75, 3.05) is 19.6 Å². The van der Waals surface area contributed by atoms with Crippen LogP contribution in [0.3, 0.4) is 0 Å². The summed E-state index contributed by atoms with van der Waals surface area (Å²) in [6.07, 6.45) is 5.76. The lowest BCUT2D eigenvalue weighted by Gasteiger charge is -2.19. The molecule has 0 bridgehead atoms. The molecule has 4 heteroatoms. The van der Waals surface area contributed by atoms with Crippen LogP contribution in [0.2, 0.25) is 0 Å². The fourth-order valence-electron chi connectivity index (χ4n) is 1.52. The van der Waals surface area contributed by atoms with Crippen LogP contribution in [-0.2, 0) is 4.74 Å². The van der Waals surface area contributed by atoms with Crippen molar-refractivity contribution in [2.45, 2.75) is 65.4 Å². The van der Waals surface area contributed by atoms with Crippen molar-refractivity contribution in [1.29, 1.82) is 0 Å². The minimum absolute atomic E-state index is 0.328. The molecule has 0 spiro atoms. The zero-order chi connectivity index (χ0) is 13.9. The number of unbranched alkanes of at least 4 members (excludes halogenated alkanes) is 3. The van der Waals surface area contributed by atoms with Gasteiger partial charge in [-0.15, -0.1) is 0 Å². The molecule has 0 aromatic heterocycles. The number of nitrogens with one attached hydrogen (secondary N) is 2. The summed E-state index contributed by atoms with van der Waals surface area (Å²) >= 11 is 0. The first kappa shape index (κ1) is 17.2. The highest BCUT2D eigenvalue weighted by atomic mass is 16.6. The number of amides is 1. The van der Waals surface area contributed by atoms with E-state index in [0.717, 1.165) is 19.5 Å². The molecule has 0 aliphatic carbocycles. The zero-order valence-electron chi connectivity index (χ0n) is 12.5. The van der Waals surface area contributed by atoms with Crippen LogP contribution in [0.4, 0.5) is 4.79 Å². The highest BCUT2D eigenvalue weighted by molar-refractivity contribution is 5.67. The minimum Gasteiger partial charge on any atom is -0.444 e. The summed E-state index contributed by atoms with van der Waals surface area (Å²) in [5.41, 5.74) is -0.415. The average Bonchev–Trinajstić information content (AvgIpc) is 2.24. The lowest BCUT2D eigenvalue weighted by Crippen LogP contribution is -2.34. The third kappa shape index (κ3) is 13.3. The molecule has 0 aliphatic heterocycles. The van der Waals surface area contributed by atoms with Crippen LogP contribution >= 0.6 is 0 Å². The quantitative estimate of drug-likeness (QED) is 0.625. The second kappa shape index (κ2) is 10.2. The summed E-state index contributed by atoms with van der Waals surface area (Å²) in [7, 11) is 0. The van der Waals surface area contributed by atoms with E-state index in [1.54, 1.807) is 0 Å². The largest absolute Gasteiger partial charge is 0.444 e. The fraction of sp³-hybridized carbons (Fsp3) is 0.929. The van der Waals surface area contributed by atoms with Gasteiger partial charge in [-0.2, -0.15) is 0 Å². The normalized spacial score (nSPS) is 11.3. The average molecular weight is 258 g/mol. The predicted octanol–water partition coefficient (Wildman–Crippen LogP) is 3.07. The van der Waals surface area contributed by atoms with Gasteiger partial charge >= 0.3 is 6.09 Å². The van der Waals surface area contributed by atoms with Crippen LogP contribution in [0.5, 0.6) is 0 Å². The van der Waals surface area contributed by atoms with E-state index in [4.69, 9.17) is 4.74 Å². The van der Waals surface area contributed by atoms with E-state index in [1.165, 1.54) is 25.7 Å². The Hall–Kier alpha value is -0.770. The third-order valence-electron chi connectivity index (χ3n) is 2.41. The number of hydrogen-bond acceptors (Lipinski definition) is 3. The van der Waals surface area contributed by atoms with Gasteiger partial charge in [0.25, 0.3) is 0 Å². The first-order valence-corrected chi connectivity index (χ1v) is 7.13. The number of ether oxygens (including phenoxy) is 1. The molecule has 0 atom stereocenters. The molecule has 0 unspecified atom stereocenters. The van der Waals surface area contributed by atoms with Crippen molar-refractivity contribution in [3.05, 3.63) is 0 Å². The lowest BCUT2D eigenvalue weighted by molar-refractivity contribution is 0.0527. The molecule has 0 radical (unpaired) electrons. The van der Waals surface area contributed by atoms with Gasteiger partial charge in [0.05, 0.1) is 0 Å². The molecule has 0 rings (SSSR count). The van der Waals surface area contributed by atoms with Crippen LogP contribution in [0.1, 0.15) is 59.8 Å². The van der Waals surface area contributed by atoms with Crippen molar-refractivity contribution in [2.24, 2.45) is 0 Å². The van der Waals surface area contributed by atoms with E-state index in [2.05, 4.69) is 17.6 Å². The highest BCUT2D eigenvalue weighted by Gasteiger charge is 2.15. The molecule has 108 valence electrons. The number of rotatable bonds is 9. The van der Waals surface area contributed by atoms with E-state index in [1.807, 2.05) is 20.8 Å². The van der Waals surface area contributed by atoms with Gasteiger partial charge < -0.3 is 15.4 Å². The zero-order valence-corrected chi connectivity index (χ0v) is 12.5. The molecule has 2 N–H and O–H groups in total. The molecular weight excluding hydrogens is 228 g/mol. The fourth-order valence-corrected chi connectivity index (χ4v) is 1.52. The van der Waals surface area contributed by atoms with Crippen molar-refractivity contribution >= 4 is 6.09 Å². The van der Waals surface area contributed by atoms with Crippen molar-refractivity contribution in [3.8, 4) is 0 Å². The van der Waals surface area contributed by atoms with Gasteiger partial charge in [-0.25, -0.2) is 4.79 Å². The monoisotopic (exact) mass is 258 g/mol. The number of hydrogen-bond donors (Lipinski definition) is 2. The lowest BCUT2D eigenvalue weighted by atomic mass is 10.2. The summed E-state index contributed by atoms with van der Waals surface area (Å²) in [5, 5.41) is 6.12. The first-order valence-electron chi connectivity index (χ1n) is 7.13. The SMILES string of the molecule is CCCCCCNCCCNC(=O)OC(C)(C)C. The van der Waals surface area contributed by atoms with Crippen LogP contribution < -0.4 is 10.6 Å². The number of carbonyl (C=O) groups excluding carboxylic acids is 1. The Labute approximate surface area is 112 Å². The van der Waals surface area contributed by atoms with E-state index < -0.39 is 5.60 Å². The summed E-state index contributed by atoms with van der Waals surface area (Å²) < 4.78 is 5.14. The molecule has 18 heavy (non-hydrogen) atoms. The summed E-state index contributed by atoms with van der Waals surface area (Å²) in [5.74, 6) is 0. The van der Waals surface area contributed by atoms with Crippen molar-refractivity contribution in [1.82, 2.24) is 10.6 Å². The van der Waals surface area contributed by atoms with E-state index in [0.29, 0.717) is 6.54 Å². The Bertz CT molecular complexity index is 212. The predicted molar refractivity (Wildman–Crippen MR) is 75.9 cm³/mol. The van der Waals surface area contributed by atoms with E-state index in [9.17, 15) is 4.79 Å². The second-order valence-corrected chi connectivity index (χ2v) is 5.59. The van der Waals surface area contributed by atoms with Gasteiger partial charge in [0, 0.05) is 6.54 Å². The highest BCUT2D eigenvalue weighted by Crippen LogP contribution is 2.06. The molecule has 0 aliphatic rings. The summed E-state index contributed by atoms with van der Waals surface area (Å²) in [4.78, 5) is 11.3. The molecule has 0 fully saturated rings. The van der Waals surface area contributed by atoms with Crippen molar-refractivity contribution < 1.29 is 9.53 Å². The van der Waals surface area contributed by atoms with Gasteiger partial charge in [0.15, 0.2) is 0 Å². The number of carbonyl (C=O) groups is 1. The molecule has 0 aromatic carbocycles. The Morgan fingerprint density at radius 2 is 1.67 bits per heavy atom. The molecule has 0 heterocycles. The molecule has 0 aromatic rings. The molecule has 0 saturated carbocycles. The third-order valence-corrected chi connectivity index (χ3v) is 2.41. The first-order chi connectivity index (χ1) is 8.45. The Morgan fingerprint density at radius 3 is 2.28 bits per heavy atom. The van der Waals surface area contributed by atoms with Gasteiger partial charge in [-0.1, -0.05) is 26.2 Å². The Morgan fingerprint density at radius 1 is 1.00 bits per heavy atom. The maximum atomic E-state index is 11.3. The van der Waals surface area contributed by atoms with Gasteiger partial charge in [0.1, 0.15) is 5.60 Å². The molecule has 0 saturated heterocycles. The molecule has 4 nitrogen and oxygen atoms in total. The summed E-state index contributed by atoms with van der Waals surface area (Å²) in [6.45, 7) is 10.5. The molecular formula is C14H30N2O2. The maximum absolute atomic E-state index is 11.3. The number of alkyl carbamates (subject to hydrolysis) is 1. The van der Waals surface area contributed by atoms with E-state index in [-0.39, 0.29) is 6.09 Å². The second-order valence-electron chi connectivity index (χ2n) is 5.59. The standard InChI is InChI=1S/C14H30N2O2/c1-5-6-7-8-10-15-11-9-12-16-13(17)18-14(2,3)4/h15H,5-12H2,1-4H3,(H,16,17). The molecule has 1 amide bonds.